The highest BCUT2D eigenvalue weighted by atomic mass is 35.5. The summed E-state index contributed by atoms with van der Waals surface area (Å²) in [6.45, 7) is 2.04. The number of nitrogens with one attached hydrogen (secondary N) is 1. The molecule has 0 aliphatic carbocycles. The SMILES string of the molecule is Cc1ccc(SCC(=O)Nc2nc(-c3ccc(Cl)s3)cs2)cc1. The van der Waals surface area contributed by atoms with Crippen LogP contribution in [-0.4, -0.2) is 16.6 Å². The second kappa shape index (κ2) is 7.49. The number of thiazole rings is 1. The van der Waals surface area contributed by atoms with E-state index in [-0.39, 0.29) is 5.91 Å². The fraction of sp³-hybridized carbons (Fsp3) is 0.125. The average Bonchev–Trinajstić information content (AvgIpc) is 3.16. The lowest BCUT2D eigenvalue weighted by Gasteiger charge is -2.02. The third-order valence-electron chi connectivity index (χ3n) is 2.97. The van der Waals surface area contributed by atoms with Gasteiger partial charge in [-0.1, -0.05) is 29.3 Å². The van der Waals surface area contributed by atoms with Gasteiger partial charge in [-0.05, 0) is 31.2 Å². The molecular weight excluding hydrogens is 368 g/mol. The van der Waals surface area contributed by atoms with Crippen molar-refractivity contribution < 1.29 is 4.79 Å². The first kappa shape index (κ1) is 16.5. The van der Waals surface area contributed by atoms with Crippen molar-refractivity contribution in [1.29, 1.82) is 0 Å². The van der Waals surface area contributed by atoms with Crippen molar-refractivity contribution in [2.75, 3.05) is 11.1 Å². The average molecular weight is 381 g/mol. The predicted molar refractivity (Wildman–Crippen MR) is 101 cm³/mol. The number of thioether (sulfide) groups is 1. The second-order valence-corrected chi connectivity index (χ2v) is 8.41. The lowest BCUT2D eigenvalue weighted by molar-refractivity contribution is -0.113. The summed E-state index contributed by atoms with van der Waals surface area (Å²) in [5.41, 5.74) is 2.05. The van der Waals surface area contributed by atoms with E-state index in [4.69, 9.17) is 11.6 Å². The molecule has 0 saturated heterocycles. The highest BCUT2D eigenvalue weighted by Gasteiger charge is 2.10. The normalized spacial score (nSPS) is 10.7. The summed E-state index contributed by atoms with van der Waals surface area (Å²) >= 11 is 10.3. The van der Waals surface area contributed by atoms with Crippen LogP contribution in [0.5, 0.6) is 0 Å². The summed E-state index contributed by atoms with van der Waals surface area (Å²) < 4.78 is 0.730. The van der Waals surface area contributed by atoms with Gasteiger partial charge in [-0.15, -0.1) is 34.4 Å². The van der Waals surface area contributed by atoms with Gasteiger partial charge in [-0.2, -0.15) is 0 Å². The van der Waals surface area contributed by atoms with Crippen LogP contribution >= 0.6 is 46.0 Å². The molecule has 0 aliphatic rings. The minimum Gasteiger partial charge on any atom is -0.301 e. The molecule has 0 atom stereocenters. The Morgan fingerprint density at radius 3 is 2.74 bits per heavy atom. The molecule has 23 heavy (non-hydrogen) atoms. The van der Waals surface area contributed by atoms with Gasteiger partial charge in [0, 0.05) is 10.3 Å². The van der Waals surface area contributed by atoms with Gasteiger partial charge in [0.2, 0.25) is 5.91 Å². The Morgan fingerprint density at radius 2 is 2.04 bits per heavy atom. The van der Waals surface area contributed by atoms with Crippen molar-refractivity contribution in [3.63, 3.8) is 0 Å². The van der Waals surface area contributed by atoms with E-state index in [0.29, 0.717) is 10.9 Å². The van der Waals surface area contributed by atoms with E-state index in [1.54, 1.807) is 0 Å². The molecule has 0 saturated carbocycles. The van der Waals surface area contributed by atoms with Crippen LogP contribution in [0.25, 0.3) is 10.6 Å². The molecule has 7 heteroatoms. The summed E-state index contributed by atoms with van der Waals surface area (Å²) in [5.74, 6) is 0.309. The maximum absolute atomic E-state index is 12.0. The summed E-state index contributed by atoms with van der Waals surface area (Å²) in [7, 11) is 0. The number of carbonyl (C=O) groups is 1. The van der Waals surface area contributed by atoms with Crippen LogP contribution in [0, 0.1) is 6.92 Å². The van der Waals surface area contributed by atoms with Gasteiger partial charge < -0.3 is 5.32 Å². The zero-order valence-corrected chi connectivity index (χ0v) is 15.4. The van der Waals surface area contributed by atoms with E-state index in [0.717, 1.165) is 19.8 Å². The number of nitrogens with zero attached hydrogens (tertiary/aromatic N) is 1. The number of thiophene rings is 1. The number of aryl methyl sites for hydroxylation is 1. The summed E-state index contributed by atoms with van der Waals surface area (Å²) in [6.07, 6.45) is 0. The first-order valence-electron chi connectivity index (χ1n) is 6.81. The topological polar surface area (TPSA) is 42.0 Å². The molecule has 2 heterocycles. The lowest BCUT2D eigenvalue weighted by atomic mass is 10.2. The second-order valence-electron chi connectivity index (χ2n) is 4.79. The Labute approximate surface area is 151 Å². The van der Waals surface area contributed by atoms with E-state index in [1.807, 2.05) is 48.7 Å². The van der Waals surface area contributed by atoms with E-state index in [2.05, 4.69) is 10.3 Å². The fourth-order valence-electron chi connectivity index (χ4n) is 1.84. The maximum atomic E-state index is 12.0. The molecule has 3 rings (SSSR count). The monoisotopic (exact) mass is 380 g/mol. The number of hydrogen-bond acceptors (Lipinski definition) is 5. The number of amides is 1. The van der Waals surface area contributed by atoms with Crippen LogP contribution in [0.2, 0.25) is 4.34 Å². The van der Waals surface area contributed by atoms with E-state index in [9.17, 15) is 4.79 Å². The first-order valence-corrected chi connectivity index (χ1v) is 9.87. The van der Waals surface area contributed by atoms with Crippen LogP contribution < -0.4 is 5.32 Å². The Morgan fingerprint density at radius 1 is 1.26 bits per heavy atom. The largest absolute Gasteiger partial charge is 0.301 e. The van der Waals surface area contributed by atoms with Crippen molar-refractivity contribution >= 4 is 57.1 Å². The number of benzene rings is 1. The van der Waals surface area contributed by atoms with Gasteiger partial charge in [0.25, 0.3) is 0 Å². The van der Waals surface area contributed by atoms with E-state index in [1.165, 1.54) is 40.0 Å². The molecule has 2 aromatic heterocycles. The quantitative estimate of drug-likeness (QED) is 0.589. The van der Waals surface area contributed by atoms with Crippen molar-refractivity contribution in [1.82, 2.24) is 4.98 Å². The molecule has 0 radical (unpaired) electrons. The van der Waals surface area contributed by atoms with Crippen molar-refractivity contribution in [3.05, 3.63) is 51.7 Å². The van der Waals surface area contributed by atoms with Gasteiger partial charge in [0.1, 0.15) is 0 Å². The van der Waals surface area contributed by atoms with Crippen molar-refractivity contribution in [2.45, 2.75) is 11.8 Å². The van der Waals surface area contributed by atoms with Gasteiger partial charge in [0.05, 0.1) is 20.7 Å². The first-order chi connectivity index (χ1) is 11.1. The number of hydrogen-bond donors (Lipinski definition) is 1. The van der Waals surface area contributed by atoms with Gasteiger partial charge in [-0.25, -0.2) is 4.98 Å². The third kappa shape index (κ3) is 4.57. The van der Waals surface area contributed by atoms with Crippen LogP contribution in [0.4, 0.5) is 5.13 Å². The number of anilines is 1. The van der Waals surface area contributed by atoms with Crippen LogP contribution in [-0.2, 0) is 4.79 Å². The molecule has 1 aromatic carbocycles. The fourth-order valence-corrected chi connectivity index (χ4v) is 4.34. The third-order valence-corrected chi connectivity index (χ3v) is 5.99. The molecule has 0 fully saturated rings. The molecule has 3 aromatic rings. The molecule has 118 valence electrons. The zero-order valence-electron chi connectivity index (χ0n) is 12.2. The number of rotatable bonds is 5. The molecule has 0 bridgehead atoms. The van der Waals surface area contributed by atoms with Crippen LogP contribution in [0.3, 0.4) is 0 Å². The maximum Gasteiger partial charge on any atom is 0.236 e. The molecule has 3 nitrogen and oxygen atoms in total. The van der Waals surface area contributed by atoms with Crippen LogP contribution in [0.15, 0.2) is 46.7 Å². The zero-order chi connectivity index (χ0) is 16.2. The number of aromatic nitrogens is 1. The molecule has 1 amide bonds. The van der Waals surface area contributed by atoms with Gasteiger partial charge in [-0.3, -0.25) is 4.79 Å². The smallest absolute Gasteiger partial charge is 0.236 e. The minimum atomic E-state index is -0.0549. The van der Waals surface area contributed by atoms with Crippen molar-refractivity contribution in [3.8, 4) is 10.6 Å². The highest BCUT2D eigenvalue weighted by Crippen LogP contribution is 2.32. The number of carbonyl (C=O) groups excluding carboxylic acids is 1. The minimum absolute atomic E-state index is 0.0549. The van der Waals surface area contributed by atoms with E-state index < -0.39 is 0 Å². The predicted octanol–water partition coefficient (Wildman–Crippen LogP) is 5.56. The molecule has 1 N–H and O–H groups in total. The Balaban J connectivity index is 1.56. The Hall–Kier alpha value is -1.34. The standard InChI is InChI=1S/C16H13ClN2OS3/c1-10-2-4-11(5-3-10)21-9-15(20)19-16-18-12(8-22-16)13-6-7-14(17)23-13/h2-8H,9H2,1H3,(H,18,19,20). The summed E-state index contributed by atoms with van der Waals surface area (Å²) in [6, 6.07) is 11.9. The summed E-state index contributed by atoms with van der Waals surface area (Å²) in [5, 5.41) is 5.37. The Kier molecular flexibility index (Phi) is 5.38. The molecule has 0 aliphatic heterocycles. The van der Waals surface area contributed by atoms with E-state index >= 15 is 0 Å². The van der Waals surface area contributed by atoms with Crippen molar-refractivity contribution in [2.24, 2.45) is 0 Å². The number of halogens is 1. The molecular formula is C16H13ClN2OS3. The van der Waals surface area contributed by atoms with Crippen LogP contribution in [0.1, 0.15) is 5.56 Å². The Bertz CT molecular complexity index is 811. The molecule has 0 spiro atoms. The summed E-state index contributed by atoms with van der Waals surface area (Å²) in [4.78, 5) is 18.5. The molecule has 0 unspecified atom stereocenters. The lowest BCUT2D eigenvalue weighted by Crippen LogP contribution is -2.13. The van der Waals surface area contributed by atoms with Gasteiger partial charge >= 0.3 is 0 Å². The van der Waals surface area contributed by atoms with Gasteiger partial charge in [0.15, 0.2) is 5.13 Å². The highest BCUT2D eigenvalue weighted by molar-refractivity contribution is 8.00.